The molecule has 1 heterocycles. The molecule has 0 aliphatic heterocycles. The van der Waals surface area contributed by atoms with E-state index in [4.69, 9.17) is 4.74 Å². The third-order valence-corrected chi connectivity index (χ3v) is 2.95. The van der Waals surface area contributed by atoms with Crippen molar-refractivity contribution in [3.63, 3.8) is 0 Å². The van der Waals surface area contributed by atoms with Crippen LogP contribution < -0.4 is 5.32 Å². The van der Waals surface area contributed by atoms with Crippen molar-refractivity contribution in [3.05, 3.63) is 53.6 Å². The van der Waals surface area contributed by atoms with Gasteiger partial charge < -0.3 is 10.1 Å². The lowest BCUT2D eigenvalue weighted by molar-refractivity contribution is 0.185. The van der Waals surface area contributed by atoms with Crippen molar-refractivity contribution >= 4 is 5.69 Å². The molecule has 0 bridgehead atoms. The van der Waals surface area contributed by atoms with Gasteiger partial charge in [-0.25, -0.2) is 0 Å². The van der Waals surface area contributed by atoms with Crippen LogP contribution >= 0.6 is 0 Å². The summed E-state index contributed by atoms with van der Waals surface area (Å²) in [5.74, 6) is 0. The van der Waals surface area contributed by atoms with Crippen molar-refractivity contribution in [1.82, 2.24) is 9.97 Å². The van der Waals surface area contributed by atoms with Crippen molar-refractivity contribution in [3.8, 4) is 0 Å². The SMILES string of the molecule is COCc1cccc(NC(C)c2nccnc2C)c1. The molecule has 1 aromatic carbocycles. The molecule has 1 aromatic heterocycles. The van der Waals surface area contributed by atoms with Crippen LogP contribution in [0.25, 0.3) is 0 Å². The minimum absolute atomic E-state index is 0.117. The van der Waals surface area contributed by atoms with E-state index in [0.717, 1.165) is 22.6 Å². The zero-order valence-corrected chi connectivity index (χ0v) is 11.6. The highest BCUT2D eigenvalue weighted by atomic mass is 16.5. The standard InChI is InChI=1S/C15H19N3O/c1-11-15(17-8-7-16-11)12(2)18-14-6-4-5-13(9-14)10-19-3/h4-9,12,18H,10H2,1-3H3. The molecule has 1 atom stereocenters. The summed E-state index contributed by atoms with van der Waals surface area (Å²) in [6.07, 6.45) is 3.44. The van der Waals surface area contributed by atoms with Crippen LogP contribution in [0.4, 0.5) is 5.69 Å². The zero-order valence-electron chi connectivity index (χ0n) is 11.6. The van der Waals surface area contributed by atoms with Gasteiger partial charge in [-0.3, -0.25) is 9.97 Å². The van der Waals surface area contributed by atoms with Crippen LogP contribution in [0, 0.1) is 6.92 Å². The summed E-state index contributed by atoms with van der Waals surface area (Å²) in [6.45, 7) is 4.68. The maximum Gasteiger partial charge on any atom is 0.0835 e. The largest absolute Gasteiger partial charge is 0.380 e. The molecule has 19 heavy (non-hydrogen) atoms. The van der Waals surface area contributed by atoms with Crippen molar-refractivity contribution in [2.24, 2.45) is 0 Å². The Labute approximate surface area is 113 Å². The van der Waals surface area contributed by atoms with Gasteiger partial charge in [-0.15, -0.1) is 0 Å². The molecular formula is C15H19N3O. The van der Waals surface area contributed by atoms with Crippen LogP contribution in [0.1, 0.15) is 29.9 Å². The predicted molar refractivity (Wildman–Crippen MR) is 76.0 cm³/mol. The molecule has 0 radical (unpaired) electrons. The molecule has 0 amide bonds. The number of anilines is 1. The number of rotatable bonds is 5. The molecule has 4 heteroatoms. The van der Waals surface area contributed by atoms with Gasteiger partial charge in [-0.2, -0.15) is 0 Å². The fraction of sp³-hybridized carbons (Fsp3) is 0.333. The minimum Gasteiger partial charge on any atom is -0.380 e. The quantitative estimate of drug-likeness (QED) is 0.894. The molecule has 0 saturated carbocycles. The summed E-state index contributed by atoms with van der Waals surface area (Å²) in [5.41, 5.74) is 4.14. The summed E-state index contributed by atoms with van der Waals surface area (Å²) in [6, 6.07) is 8.32. The van der Waals surface area contributed by atoms with Gasteiger partial charge in [0.25, 0.3) is 0 Å². The molecule has 2 aromatic rings. The molecule has 0 aliphatic rings. The van der Waals surface area contributed by atoms with Crippen LogP contribution in [-0.2, 0) is 11.3 Å². The fourth-order valence-corrected chi connectivity index (χ4v) is 2.08. The number of aromatic nitrogens is 2. The number of ether oxygens (including phenoxy) is 1. The highest BCUT2D eigenvalue weighted by Crippen LogP contribution is 2.20. The average molecular weight is 257 g/mol. The van der Waals surface area contributed by atoms with Gasteiger partial charge in [0.2, 0.25) is 0 Å². The summed E-state index contributed by atoms with van der Waals surface area (Å²) >= 11 is 0. The van der Waals surface area contributed by atoms with Gasteiger partial charge in [0.05, 0.1) is 24.0 Å². The third-order valence-electron chi connectivity index (χ3n) is 2.95. The topological polar surface area (TPSA) is 47.0 Å². The maximum absolute atomic E-state index is 5.14. The Kier molecular flexibility index (Phi) is 4.47. The Morgan fingerprint density at radius 1 is 1.26 bits per heavy atom. The predicted octanol–water partition coefficient (Wildman–Crippen LogP) is 3.10. The Bertz CT molecular complexity index is 542. The summed E-state index contributed by atoms with van der Waals surface area (Å²) in [5, 5.41) is 3.44. The Hall–Kier alpha value is -1.94. The van der Waals surface area contributed by atoms with Crippen molar-refractivity contribution in [2.45, 2.75) is 26.5 Å². The smallest absolute Gasteiger partial charge is 0.0835 e. The molecular weight excluding hydrogens is 238 g/mol. The van der Waals surface area contributed by atoms with E-state index in [-0.39, 0.29) is 6.04 Å². The lowest BCUT2D eigenvalue weighted by Crippen LogP contribution is -2.11. The number of benzene rings is 1. The molecule has 0 saturated heterocycles. The van der Waals surface area contributed by atoms with Crippen molar-refractivity contribution in [1.29, 1.82) is 0 Å². The second-order valence-electron chi connectivity index (χ2n) is 4.53. The van der Waals surface area contributed by atoms with E-state index in [1.165, 1.54) is 0 Å². The zero-order chi connectivity index (χ0) is 13.7. The first-order valence-corrected chi connectivity index (χ1v) is 6.32. The van der Waals surface area contributed by atoms with Crippen LogP contribution in [0.3, 0.4) is 0 Å². The molecule has 0 spiro atoms. The van der Waals surface area contributed by atoms with E-state index in [9.17, 15) is 0 Å². The summed E-state index contributed by atoms with van der Waals surface area (Å²) in [7, 11) is 1.70. The molecule has 1 unspecified atom stereocenters. The monoisotopic (exact) mass is 257 g/mol. The second kappa shape index (κ2) is 6.29. The molecule has 100 valence electrons. The normalized spacial score (nSPS) is 12.2. The number of methoxy groups -OCH3 is 1. The number of hydrogen-bond donors (Lipinski definition) is 1. The average Bonchev–Trinajstić information content (AvgIpc) is 2.40. The van der Waals surface area contributed by atoms with Crippen LogP contribution in [0.15, 0.2) is 36.7 Å². The van der Waals surface area contributed by atoms with E-state index in [0.29, 0.717) is 6.61 Å². The van der Waals surface area contributed by atoms with E-state index in [2.05, 4.69) is 28.3 Å². The van der Waals surface area contributed by atoms with Gasteiger partial charge in [-0.1, -0.05) is 12.1 Å². The first-order valence-electron chi connectivity index (χ1n) is 6.32. The van der Waals surface area contributed by atoms with E-state index < -0.39 is 0 Å². The van der Waals surface area contributed by atoms with Gasteiger partial charge in [-0.05, 0) is 31.5 Å². The summed E-state index contributed by atoms with van der Waals surface area (Å²) < 4.78 is 5.14. The highest BCUT2D eigenvalue weighted by molar-refractivity contribution is 5.47. The van der Waals surface area contributed by atoms with E-state index in [1.54, 1.807) is 19.5 Å². The molecule has 0 fully saturated rings. The van der Waals surface area contributed by atoms with Gasteiger partial charge in [0.15, 0.2) is 0 Å². The molecule has 0 aliphatic carbocycles. The third kappa shape index (κ3) is 3.51. The maximum atomic E-state index is 5.14. The molecule has 2 rings (SSSR count). The van der Waals surface area contributed by atoms with Crippen molar-refractivity contribution < 1.29 is 4.74 Å². The lowest BCUT2D eigenvalue weighted by Gasteiger charge is -2.16. The van der Waals surface area contributed by atoms with Crippen molar-refractivity contribution in [2.75, 3.05) is 12.4 Å². The minimum atomic E-state index is 0.117. The van der Waals surface area contributed by atoms with Gasteiger partial charge >= 0.3 is 0 Å². The second-order valence-corrected chi connectivity index (χ2v) is 4.53. The Morgan fingerprint density at radius 3 is 2.79 bits per heavy atom. The number of aryl methyl sites for hydroxylation is 1. The number of nitrogens with zero attached hydrogens (tertiary/aromatic N) is 2. The highest BCUT2D eigenvalue weighted by Gasteiger charge is 2.10. The van der Waals surface area contributed by atoms with Crippen LogP contribution in [-0.4, -0.2) is 17.1 Å². The summed E-state index contributed by atoms with van der Waals surface area (Å²) in [4.78, 5) is 8.65. The lowest BCUT2D eigenvalue weighted by atomic mass is 10.1. The van der Waals surface area contributed by atoms with E-state index >= 15 is 0 Å². The first kappa shape index (κ1) is 13.5. The Balaban J connectivity index is 2.12. The fourth-order valence-electron chi connectivity index (χ4n) is 2.08. The van der Waals surface area contributed by atoms with Gasteiger partial charge in [0.1, 0.15) is 0 Å². The molecule has 4 nitrogen and oxygen atoms in total. The van der Waals surface area contributed by atoms with Crippen LogP contribution in [0.5, 0.6) is 0 Å². The Morgan fingerprint density at radius 2 is 2.05 bits per heavy atom. The first-order chi connectivity index (χ1) is 9.20. The van der Waals surface area contributed by atoms with E-state index in [1.807, 2.05) is 25.1 Å². The van der Waals surface area contributed by atoms with Crippen LogP contribution in [0.2, 0.25) is 0 Å². The number of nitrogens with one attached hydrogen (secondary N) is 1. The number of hydrogen-bond acceptors (Lipinski definition) is 4. The molecule has 1 N–H and O–H groups in total. The van der Waals surface area contributed by atoms with Gasteiger partial charge in [0, 0.05) is 25.2 Å².